The number of nitrogens with zero attached hydrogens (tertiary/aromatic N) is 1. The number of nitrogens with one attached hydrogen (secondary N) is 1. The smallest absolute Gasteiger partial charge is 0.265 e. The van der Waals surface area contributed by atoms with E-state index in [0.29, 0.717) is 16.5 Å². The molecule has 0 saturated carbocycles. The van der Waals surface area contributed by atoms with Gasteiger partial charge in [-0.25, -0.2) is 0 Å². The van der Waals surface area contributed by atoms with Crippen molar-refractivity contribution in [3.8, 4) is 11.5 Å². The summed E-state index contributed by atoms with van der Waals surface area (Å²) in [5.41, 5.74) is 1.62. The highest BCUT2D eigenvalue weighted by Gasteiger charge is 2.18. The number of amides is 1. The fourth-order valence-electron chi connectivity index (χ4n) is 3.10. The third kappa shape index (κ3) is 5.63. The molecule has 0 spiro atoms. The Balaban J connectivity index is 1.51. The Labute approximate surface area is 171 Å². The number of aryl methyl sites for hydroxylation is 1. The van der Waals surface area contributed by atoms with Gasteiger partial charge in [-0.15, -0.1) is 0 Å². The van der Waals surface area contributed by atoms with Gasteiger partial charge < -0.3 is 19.7 Å². The predicted octanol–water partition coefficient (Wildman–Crippen LogP) is 4.53. The van der Waals surface area contributed by atoms with Gasteiger partial charge in [0.1, 0.15) is 17.6 Å². The third-order valence-electron chi connectivity index (χ3n) is 4.90. The molecule has 5 nitrogen and oxygen atoms in total. The Bertz CT molecular complexity index is 802. The quantitative estimate of drug-likeness (QED) is 0.771. The summed E-state index contributed by atoms with van der Waals surface area (Å²) in [7, 11) is 2.13. The first-order valence-corrected chi connectivity index (χ1v) is 9.97. The van der Waals surface area contributed by atoms with Gasteiger partial charge in [-0.05, 0) is 81.8 Å². The summed E-state index contributed by atoms with van der Waals surface area (Å²) < 4.78 is 11.8. The molecular formula is C22H27ClN2O3. The standard InChI is InChI=1S/C22H27ClN2O3/c1-15-14-20(8-9-21(15)23)27-16(2)22(26)24-17-4-6-18(7-5-17)28-19-10-12-25(3)13-11-19/h4-9,14,16,19H,10-13H2,1-3H3,(H,24,26)/t16-/m0/s1. The molecule has 1 saturated heterocycles. The first-order valence-electron chi connectivity index (χ1n) is 9.59. The number of anilines is 1. The van der Waals surface area contributed by atoms with Gasteiger partial charge in [0.05, 0.1) is 0 Å². The minimum Gasteiger partial charge on any atom is -0.490 e. The highest BCUT2D eigenvalue weighted by molar-refractivity contribution is 6.31. The monoisotopic (exact) mass is 402 g/mol. The molecule has 2 aromatic carbocycles. The van der Waals surface area contributed by atoms with Crippen molar-refractivity contribution in [3.63, 3.8) is 0 Å². The fourth-order valence-corrected chi connectivity index (χ4v) is 3.22. The van der Waals surface area contributed by atoms with E-state index in [4.69, 9.17) is 21.1 Å². The molecule has 0 bridgehead atoms. The lowest BCUT2D eigenvalue weighted by atomic mass is 10.1. The van der Waals surface area contributed by atoms with E-state index in [1.807, 2.05) is 37.3 Å². The molecule has 0 unspecified atom stereocenters. The minimum absolute atomic E-state index is 0.211. The lowest BCUT2D eigenvalue weighted by Crippen LogP contribution is -2.35. The number of carbonyl (C=O) groups is 1. The average Bonchev–Trinajstić information content (AvgIpc) is 2.68. The second kappa shape index (κ2) is 9.30. The Morgan fingerprint density at radius 1 is 1.14 bits per heavy atom. The van der Waals surface area contributed by atoms with Gasteiger partial charge in [0, 0.05) is 23.8 Å². The highest BCUT2D eigenvalue weighted by Crippen LogP contribution is 2.23. The van der Waals surface area contributed by atoms with Crippen molar-refractivity contribution in [2.75, 3.05) is 25.5 Å². The lowest BCUT2D eigenvalue weighted by molar-refractivity contribution is -0.122. The zero-order chi connectivity index (χ0) is 20.1. The first-order chi connectivity index (χ1) is 13.4. The van der Waals surface area contributed by atoms with Gasteiger partial charge in [-0.2, -0.15) is 0 Å². The molecule has 1 atom stereocenters. The highest BCUT2D eigenvalue weighted by atomic mass is 35.5. The molecule has 1 aliphatic rings. The first kappa shape index (κ1) is 20.5. The molecule has 1 heterocycles. The van der Waals surface area contributed by atoms with E-state index < -0.39 is 6.10 Å². The summed E-state index contributed by atoms with van der Waals surface area (Å²) >= 11 is 6.02. The molecule has 150 valence electrons. The summed E-state index contributed by atoms with van der Waals surface area (Å²) in [5, 5.41) is 3.55. The van der Waals surface area contributed by atoms with Crippen LogP contribution in [0.25, 0.3) is 0 Å². The van der Waals surface area contributed by atoms with Crippen LogP contribution >= 0.6 is 11.6 Å². The van der Waals surface area contributed by atoms with Crippen LogP contribution in [0.15, 0.2) is 42.5 Å². The maximum atomic E-state index is 12.4. The molecule has 1 fully saturated rings. The molecule has 0 radical (unpaired) electrons. The number of hydrogen-bond acceptors (Lipinski definition) is 4. The number of halogens is 1. The molecule has 1 amide bonds. The van der Waals surface area contributed by atoms with Crippen molar-refractivity contribution >= 4 is 23.2 Å². The van der Waals surface area contributed by atoms with Gasteiger partial charge in [-0.1, -0.05) is 11.6 Å². The van der Waals surface area contributed by atoms with E-state index in [0.717, 1.165) is 37.2 Å². The van der Waals surface area contributed by atoms with Crippen molar-refractivity contribution in [1.82, 2.24) is 4.90 Å². The van der Waals surface area contributed by atoms with Crippen LogP contribution in [-0.2, 0) is 4.79 Å². The van der Waals surface area contributed by atoms with Crippen molar-refractivity contribution < 1.29 is 14.3 Å². The van der Waals surface area contributed by atoms with Crippen LogP contribution in [0.3, 0.4) is 0 Å². The van der Waals surface area contributed by atoms with Crippen LogP contribution in [0.1, 0.15) is 25.3 Å². The van der Waals surface area contributed by atoms with Crippen LogP contribution in [0.4, 0.5) is 5.69 Å². The predicted molar refractivity (Wildman–Crippen MR) is 112 cm³/mol. The van der Waals surface area contributed by atoms with Crippen LogP contribution in [0, 0.1) is 6.92 Å². The van der Waals surface area contributed by atoms with Gasteiger partial charge >= 0.3 is 0 Å². The third-order valence-corrected chi connectivity index (χ3v) is 5.33. The SMILES string of the molecule is Cc1cc(O[C@@H](C)C(=O)Nc2ccc(OC3CCN(C)CC3)cc2)ccc1Cl. The maximum absolute atomic E-state index is 12.4. The van der Waals surface area contributed by atoms with Gasteiger partial charge in [-0.3, -0.25) is 4.79 Å². The number of rotatable bonds is 6. The topological polar surface area (TPSA) is 50.8 Å². The molecule has 1 N–H and O–H groups in total. The van der Waals surface area contributed by atoms with E-state index in [9.17, 15) is 4.79 Å². The number of benzene rings is 2. The Morgan fingerprint density at radius 3 is 2.43 bits per heavy atom. The summed E-state index contributed by atoms with van der Waals surface area (Å²) in [5.74, 6) is 1.23. The summed E-state index contributed by atoms with van der Waals surface area (Å²) in [4.78, 5) is 14.7. The van der Waals surface area contributed by atoms with Crippen molar-refractivity contribution in [1.29, 1.82) is 0 Å². The zero-order valence-corrected chi connectivity index (χ0v) is 17.3. The normalized spacial score (nSPS) is 16.4. The Morgan fingerprint density at radius 2 is 1.79 bits per heavy atom. The van der Waals surface area contributed by atoms with Crippen molar-refractivity contribution in [3.05, 3.63) is 53.1 Å². The minimum atomic E-state index is -0.629. The van der Waals surface area contributed by atoms with Gasteiger partial charge in [0.2, 0.25) is 0 Å². The molecule has 3 rings (SSSR count). The van der Waals surface area contributed by atoms with E-state index in [1.54, 1.807) is 19.1 Å². The largest absolute Gasteiger partial charge is 0.490 e. The number of likely N-dealkylation sites (tertiary alicyclic amines) is 1. The van der Waals surface area contributed by atoms with E-state index in [-0.39, 0.29) is 12.0 Å². The van der Waals surface area contributed by atoms with Crippen molar-refractivity contribution in [2.45, 2.75) is 38.9 Å². The maximum Gasteiger partial charge on any atom is 0.265 e. The number of piperidine rings is 1. The Kier molecular flexibility index (Phi) is 6.81. The lowest BCUT2D eigenvalue weighted by Gasteiger charge is -2.29. The second-order valence-electron chi connectivity index (χ2n) is 7.31. The molecule has 2 aromatic rings. The molecule has 6 heteroatoms. The van der Waals surface area contributed by atoms with Gasteiger partial charge in [0.15, 0.2) is 6.10 Å². The van der Waals surface area contributed by atoms with Crippen LogP contribution in [0.5, 0.6) is 11.5 Å². The van der Waals surface area contributed by atoms with Crippen LogP contribution in [-0.4, -0.2) is 43.2 Å². The van der Waals surface area contributed by atoms with Crippen LogP contribution < -0.4 is 14.8 Å². The number of hydrogen-bond donors (Lipinski definition) is 1. The number of carbonyl (C=O) groups excluding carboxylic acids is 1. The van der Waals surface area contributed by atoms with Gasteiger partial charge in [0.25, 0.3) is 5.91 Å². The molecule has 28 heavy (non-hydrogen) atoms. The van der Waals surface area contributed by atoms with Crippen LogP contribution in [0.2, 0.25) is 5.02 Å². The van der Waals surface area contributed by atoms with E-state index >= 15 is 0 Å². The Hall–Kier alpha value is -2.24. The molecule has 0 aromatic heterocycles. The fraction of sp³-hybridized carbons (Fsp3) is 0.409. The van der Waals surface area contributed by atoms with E-state index in [1.165, 1.54) is 0 Å². The molecular weight excluding hydrogens is 376 g/mol. The molecule has 1 aliphatic heterocycles. The number of ether oxygens (including phenoxy) is 2. The molecule has 0 aliphatic carbocycles. The summed E-state index contributed by atoms with van der Waals surface area (Å²) in [6.07, 6.45) is 1.70. The van der Waals surface area contributed by atoms with E-state index in [2.05, 4.69) is 17.3 Å². The average molecular weight is 403 g/mol. The summed E-state index contributed by atoms with van der Waals surface area (Å²) in [6, 6.07) is 12.8. The zero-order valence-electron chi connectivity index (χ0n) is 16.6. The van der Waals surface area contributed by atoms with Crippen molar-refractivity contribution in [2.24, 2.45) is 0 Å². The summed E-state index contributed by atoms with van der Waals surface area (Å²) in [6.45, 7) is 5.74. The second-order valence-corrected chi connectivity index (χ2v) is 7.71.